The Hall–Kier alpha value is -1.34. The van der Waals surface area contributed by atoms with E-state index < -0.39 is 23.6 Å². The zero-order valence-corrected chi connectivity index (χ0v) is 9.11. The highest BCUT2D eigenvalue weighted by Gasteiger charge is 2.26. The molecule has 0 radical (unpaired) electrons. The minimum Gasteiger partial charge on any atom is -0.381 e. The molecule has 0 aliphatic carbocycles. The molecule has 0 bridgehead atoms. The number of nitrogens with two attached hydrogens (primary N) is 1. The van der Waals surface area contributed by atoms with Gasteiger partial charge in [0, 0.05) is 5.75 Å². The fraction of sp³-hybridized carbons (Fsp3) is 0.333. The van der Waals surface area contributed by atoms with Crippen LogP contribution in [0.3, 0.4) is 0 Å². The molecule has 0 aromatic carbocycles. The quantitative estimate of drug-likeness (QED) is 0.776. The number of thioether (sulfide) groups is 1. The van der Waals surface area contributed by atoms with Gasteiger partial charge in [0.15, 0.2) is 11.6 Å². The molecule has 0 unspecified atom stereocenters. The molecule has 86 valence electrons. The van der Waals surface area contributed by atoms with Crippen LogP contribution in [0.2, 0.25) is 0 Å². The molecule has 1 aromatic rings. The zero-order chi connectivity index (χ0) is 11.7. The molecular formula is C9H10FN3O2S. The van der Waals surface area contributed by atoms with Crippen molar-refractivity contribution in [2.45, 2.75) is 11.7 Å². The van der Waals surface area contributed by atoms with E-state index in [2.05, 4.69) is 11.6 Å². The maximum absolute atomic E-state index is 13.2. The van der Waals surface area contributed by atoms with Gasteiger partial charge in [-0.3, -0.25) is 4.57 Å². The van der Waals surface area contributed by atoms with E-state index in [1.54, 1.807) is 6.08 Å². The standard InChI is InChI=1S/C9H10FN3O2S/c1-2-7-15-6(4-16-7)13-3-5(10)8(11)12-9(13)14/h2-3,6-7H,1,4H2,(H2,11,12,14)/t6-,7+/m0/s1. The second kappa shape index (κ2) is 4.26. The Balaban J connectivity index is 2.31. The summed E-state index contributed by atoms with van der Waals surface area (Å²) < 4.78 is 19.7. The third-order valence-electron chi connectivity index (χ3n) is 2.13. The van der Waals surface area contributed by atoms with Crippen LogP contribution in [0.4, 0.5) is 10.2 Å². The monoisotopic (exact) mass is 243 g/mol. The Morgan fingerprint density at radius 2 is 2.56 bits per heavy atom. The lowest BCUT2D eigenvalue weighted by Gasteiger charge is -2.13. The van der Waals surface area contributed by atoms with Gasteiger partial charge in [-0.15, -0.1) is 11.8 Å². The number of rotatable bonds is 2. The van der Waals surface area contributed by atoms with Gasteiger partial charge in [-0.1, -0.05) is 12.7 Å². The van der Waals surface area contributed by atoms with Gasteiger partial charge < -0.3 is 10.5 Å². The van der Waals surface area contributed by atoms with Crippen molar-refractivity contribution in [3.05, 3.63) is 35.2 Å². The second-order valence-corrected chi connectivity index (χ2v) is 4.32. The van der Waals surface area contributed by atoms with Gasteiger partial charge in [-0.25, -0.2) is 9.18 Å². The first kappa shape index (κ1) is 11.2. The van der Waals surface area contributed by atoms with E-state index in [1.165, 1.54) is 11.8 Å². The van der Waals surface area contributed by atoms with Crippen LogP contribution < -0.4 is 11.4 Å². The predicted molar refractivity (Wildman–Crippen MR) is 59.4 cm³/mol. The van der Waals surface area contributed by atoms with E-state index in [4.69, 9.17) is 10.5 Å². The van der Waals surface area contributed by atoms with Crippen LogP contribution in [0.25, 0.3) is 0 Å². The Kier molecular flexibility index (Phi) is 2.97. The second-order valence-electron chi connectivity index (χ2n) is 3.19. The van der Waals surface area contributed by atoms with Gasteiger partial charge in [0.1, 0.15) is 11.7 Å². The third kappa shape index (κ3) is 1.96. The van der Waals surface area contributed by atoms with Gasteiger partial charge in [0.25, 0.3) is 0 Å². The number of hydrogen-bond donors (Lipinski definition) is 1. The van der Waals surface area contributed by atoms with E-state index >= 15 is 0 Å². The van der Waals surface area contributed by atoms with Crippen LogP contribution in [0.1, 0.15) is 6.23 Å². The SMILES string of the molecule is C=C[C@@H]1O[C@H](n2cc(F)c(N)nc2=O)CS1. The van der Waals surface area contributed by atoms with Crippen molar-refractivity contribution >= 4 is 17.6 Å². The lowest BCUT2D eigenvalue weighted by molar-refractivity contribution is 0.0340. The number of nitrogen functional groups attached to an aromatic ring is 1. The highest BCUT2D eigenvalue weighted by atomic mass is 32.2. The smallest absolute Gasteiger partial charge is 0.351 e. The summed E-state index contributed by atoms with van der Waals surface area (Å²) in [5.74, 6) is -0.579. The highest BCUT2D eigenvalue weighted by Crippen LogP contribution is 2.31. The molecule has 0 spiro atoms. The Morgan fingerprint density at radius 1 is 1.81 bits per heavy atom. The fourth-order valence-corrected chi connectivity index (χ4v) is 2.28. The molecule has 1 aliphatic heterocycles. The molecule has 1 aromatic heterocycles. The molecular weight excluding hydrogens is 233 g/mol. The van der Waals surface area contributed by atoms with Crippen molar-refractivity contribution in [2.75, 3.05) is 11.5 Å². The van der Waals surface area contributed by atoms with Crippen molar-refractivity contribution in [2.24, 2.45) is 0 Å². The normalized spacial score (nSPS) is 24.6. The van der Waals surface area contributed by atoms with Gasteiger partial charge in [-0.2, -0.15) is 4.98 Å². The molecule has 0 amide bonds. The third-order valence-corrected chi connectivity index (χ3v) is 3.24. The molecule has 1 fully saturated rings. The largest absolute Gasteiger partial charge is 0.381 e. The summed E-state index contributed by atoms with van der Waals surface area (Å²) in [6.45, 7) is 3.58. The van der Waals surface area contributed by atoms with Crippen molar-refractivity contribution in [3.63, 3.8) is 0 Å². The number of halogens is 1. The number of nitrogens with zero attached hydrogens (tertiary/aromatic N) is 2. The average molecular weight is 243 g/mol. The number of aromatic nitrogens is 2. The summed E-state index contributed by atoms with van der Waals surface area (Å²) in [7, 11) is 0. The highest BCUT2D eigenvalue weighted by molar-refractivity contribution is 8.00. The van der Waals surface area contributed by atoms with Gasteiger partial charge >= 0.3 is 5.69 Å². The first-order valence-corrected chi connectivity index (χ1v) is 5.60. The van der Waals surface area contributed by atoms with E-state index in [-0.39, 0.29) is 5.44 Å². The summed E-state index contributed by atoms with van der Waals surface area (Å²) in [6, 6.07) is 0. The summed E-state index contributed by atoms with van der Waals surface area (Å²) in [4.78, 5) is 14.8. The summed E-state index contributed by atoms with van der Waals surface area (Å²) in [5, 5.41) is 0. The van der Waals surface area contributed by atoms with Crippen molar-refractivity contribution in [1.82, 2.24) is 9.55 Å². The Morgan fingerprint density at radius 3 is 3.19 bits per heavy atom. The van der Waals surface area contributed by atoms with Crippen molar-refractivity contribution in [1.29, 1.82) is 0 Å². The number of ether oxygens (including phenoxy) is 1. The van der Waals surface area contributed by atoms with Crippen LogP contribution in [0, 0.1) is 5.82 Å². The van der Waals surface area contributed by atoms with Crippen LogP contribution in [-0.4, -0.2) is 20.7 Å². The average Bonchev–Trinajstić information content (AvgIpc) is 2.71. The molecule has 1 aliphatic rings. The summed E-state index contributed by atoms with van der Waals surface area (Å²) in [5.41, 5.74) is 4.38. The Labute approximate surface area is 95.1 Å². The number of anilines is 1. The van der Waals surface area contributed by atoms with Crippen molar-refractivity contribution in [3.8, 4) is 0 Å². The lowest BCUT2D eigenvalue weighted by atomic mass is 10.5. The van der Waals surface area contributed by atoms with E-state index in [1.807, 2.05) is 0 Å². The van der Waals surface area contributed by atoms with Gasteiger partial charge in [-0.05, 0) is 0 Å². The molecule has 1 saturated heterocycles. The minimum absolute atomic E-state index is 0.183. The van der Waals surface area contributed by atoms with Crippen LogP contribution in [-0.2, 0) is 4.74 Å². The lowest BCUT2D eigenvalue weighted by Crippen LogP contribution is -2.29. The maximum atomic E-state index is 13.2. The molecule has 2 heterocycles. The fourth-order valence-electron chi connectivity index (χ4n) is 1.34. The minimum atomic E-state index is -0.727. The van der Waals surface area contributed by atoms with Crippen LogP contribution in [0.15, 0.2) is 23.6 Å². The molecule has 16 heavy (non-hydrogen) atoms. The zero-order valence-electron chi connectivity index (χ0n) is 8.30. The number of hydrogen-bond acceptors (Lipinski definition) is 5. The van der Waals surface area contributed by atoms with Gasteiger partial charge in [0.2, 0.25) is 0 Å². The van der Waals surface area contributed by atoms with E-state index in [9.17, 15) is 9.18 Å². The topological polar surface area (TPSA) is 70.1 Å². The van der Waals surface area contributed by atoms with E-state index in [0.717, 1.165) is 10.8 Å². The first-order chi connectivity index (χ1) is 7.61. The summed E-state index contributed by atoms with van der Waals surface area (Å²) in [6.07, 6.45) is 2.11. The maximum Gasteiger partial charge on any atom is 0.351 e. The molecule has 7 heteroatoms. The molecule has 2 rings (SSSR count). The Bertz CT molecular complexity index is 476. The molecule has 0 saturated carbocycles. The van der Waals surface area contributed by atoms with E-state index in [0.29, 0.717) is 5.75 Å². The molecule has 2 N–H and O–H groups in total. The first-order valence-electron chi connectivity index (χ1n) is 4.55. The van der Waals surface area contributed by atoms with Gasteiger partial charge in [0.05, 0.1) is 6.20 Å². The predicted octanol–water partition coefficient (Wildman–Crippen LogP) is 0.739. The summed E-state index contributed by atoms with van der Waals surface area (Å²) >= 11 is 1.48. The molecule has 2 atom stereocenters. The van der Waals surface area contributed by atoms with Crippen LogP contribution in [0.5, 0.6) is 0 Å². The van der Waals surface area contributed by atoms with Crippen molar-refractivity contribution < 1.29 is 9.13 Å². The molecule has 5 nitrogen and oxygen atoms in total. The van der Waals surface area contributed by atoms with Crippen LogP contribution >= 0.6 is 11.8 Å².